The molecular weight excluding hydrogens is 284 g/mol. The molecular formula is C20H22N2O. The maximum Gasteiger partial charge on any atom is 0.0998 e. The van der Waals surface area contributed by atoms with E-state index < -0.39 is 5.60 Å². The molecule has 1 saturated carbocycles. The van der Waals surface area contributed by atoms with E-state index in [1.54, 1.807) is 0 Å². The van der Waals surface area contributed by atoms with Crippen LogP contribution in [0.5, 0.6) is 0 Å². The van der Waals surface area contributed by atoms with Gasteiger partial charge in [-0.25, -0.2) is 0 Å². The zero-order valence-electron chi connectivity index (χ0n) is 13.3. The first-order chi connectivity index (χ1) is 11.2. The average molecular weight is 306 g/mol. The van der Waals surface area contributed by atoms with Gasteiger partial charge in [-0.15, -0.1) is 0 Å². The normalized spacial score (nSPS) is 27.5. The van der Waals surface area contributed by atoms with E-state index in [0.717, 1.165) is 55.1 Å². The van der Waals surface area contributed by atoms with Crippen LogP contribution in [-0.4, -0.2) is 23.8 Å². The van der Waals surface area contributed by atoms with E-state index in [1.165, 1.54) is 12.1 Å². The molecule has 0 amide bonds. The minimum atomic E-state index is -0.447. The van der Waals surface area contributed by atoms with Crippen molar-refractivity contribution in [3.05, 3.63) is 42.0 Å². The fraction of sp³-hybridized carbons (Fsp3) is 0.450. The van der Waals surface area contributed by atoms with Gasteiger partial charge in [-0.05, 0) is 31.4 Å². The van der Waals surface area contributed by atoms with E-state index >= 15 is 0 Å². The van der Waals surface area contributed by atoms with Crippen molar-refractivity contribution in [3.63, 3.8) is 0 Å². The lowest BCUT2D eigenvalue weighted by atomic mass is 9.71. The van der Waals surface area contributed by atoms with Gasteiger partial charge in [0.2, 0.25) is 0 Å². The molecule has 2 atom stereocenters. The summed E-state index contributed by atoms with van der Waals surface area (Å²) in [5.41, 5.74) is 1.49. The Morgan fingerprint density at radius 3 is 2.74 bits per heavy atom. The molecule has 1 heterocycles. The first-order valence-electron chi connectivity index (χ1n) is 8.60. The third-order valence-corrected chi connectivity index (χ3v) is 5.79. The van der Waals surface area contributed by atoms with E-state index in [-0.39, 0.29) is 0 Å². The molecule has 23 heavy (non-hydrogen) atoms. The molecule has 2 aromatic rings. The topological polar surface area (TPSA) is 47.3 Å². The monoisotopic (exact) mass is 306 g/mol. The molecule has 3 heteroatoms. The van der Waals surface area contributed by atoms with Gasteiger partial charge < -0.3 is 10.0 Å². The molecule has 2 fully saturated rings. The highest BCUT2D eigenvalue weighted by molar-refractivity contribution is 5.97. The zero-order valence-corrected chi connectivity index (χ0v) is 13.3. The molecule has 0 aromatic heterocycles. The molecule has 118 valence electrons. The summed E-state index contributed by atoms with van der Waals surface area (Å²) in [6.45, 7) is 1.81. The Bertz CT molecular complexity index is 779. The number of fused-ring (bicyclic) bond motifs is 2. The largest absolute Gasteiger partial charge is 0.389 e. The predicted molar refractivity (Wildman–Crippen MR) is 92.4 cm³/mol. The minimum absolute atomic E-state index is 0.374. The Morgan fingerprint density at radius 1 is 1.09 bits per heavy atom. The Kier molecular flexibility index (Phi) is 3.50. The summed E-state index contributed by atoms with van der Waals surface area (Å²) in [4.78, 5) is 2.41. The van der Waals surface area contributed by atoms with Gasteiger partial charge in [-0.1, -0.05) is 37.1 Å². The highest BCUT2D eigenvalue weighted by Crippen LogP contribution is 2.42. The summed E-state index contributed by atoms with van der Waals surface area (Å²) < 4.78 is 0. The Balaban J connectivity index is 1.72. The number of nitriles is 1. The molecule has 1 aliphatic carbocycles. The number of anilines is 1. The van der Waals surface area contributed by atoms with Crippen molar-refractivity contribution < 1.29 is 5.11 Å². The van der Waals surface area contributed by atoms with E-state index in [0.29, 0.717) is 5.92 Å². The molecule has 2 aliphatic rings. The van der Waals surface area contributed by atoms with Crippen LogP contribution in [0.15, 0.2) is 36.4 Å². The van der Waals surface area contributed by atoms with E-state index in [1.807, 2.05) is 24.3 Å². The summed E-state index contributed by atoms with van der Waals surface area (Å²) in [7, 11) is 0. The quantitative estimate of drug-likeness (QED) is 0.870. The Hall–Kier alpha value is -2.05. The van der Waals surface area contributed by atoms with Crippen LogP contribution >= 0.6 is 0 Å². The van der Waals surface area contributed by atoms with E-state index in [9.17, 15) is 10.4 Å². The average Bonchev–Trinajstić information content (AvgIpc) is 2.60. The molecule has 1 N–H and O–H groups in total. The number of rotatable bonds is 1. The number of piperidine rings is 1. The zero-order chi connectivity index (χ0) is 15.9. The van der Waals surface area contributed by atoms with Crippen molar-refractivity contribution in [1.29, 1.82) is 5.26 Å². The van der Waals surface area contributed by atoms with Crippen LogP contribution in [0.2, 0.25) is 0 Å². The van der Waals surface area contributed by atoms with Crippen molar-refractivity contribution >= 4 is 16.5 Å². The van der Waals surface area contributed by atoms with Crippen LogP contribution in [0, 0.1) is 17.2 Å². The van der Waals surface area contributed by atoms with Gasteiger partial charge >= 0.3 is 0 Å². The summed E-state index contributed by atoms with van der Waals surface area (Å²) in [5, 5.41) is 22.4. The molecule has 0 spiro atoms. The Labute approximate surface area is 137 Å². The van der Waals surface area contributed by atoms with Gasteiger partial charge in [0.1, 0.15) is 0 Å². The fourth-order valence-electron chi connectivity index (χ4n) is 4.45. The van der Waals surface area contributed by atoms with Crippen molar-refractivity contribution in [3.8, 4) is 6.07 Å². The highest BCUT2D eigenvalue weighted by atomic mass is 16.3. The lowest BCUT2D eigenvalue weighted by molar-refractivity contribution is -0.0612. The summed E-state index contributed by atoms with van der Waals surface area (Å²) in [5.74, 6) is 0.374. The molecule has 0 bridgehead atoms. The maximum absolute atomic E-state index is 10.9. The standard InChI is InChI=1S/C20H22N2O/c21-13-15-8-9-19(18-7-2-1-6-17(15)18)22-12-11-20(23)10-4-3-5-16(20)14-22/h1-2,6-9,16,23H,3-5,10-12,14H2. The van der Waals surface area contributed by atoms with Crippen molar-refractivity contribution in [2.45, 2.75) is 37.7 Å². The second kappa shape index (κ2) is 5.54. The third kappa shape index (κ3) is 2.38. The number of hydrogen-bond donors (Lipinski definition) is 1. The maximum atomic E-state index is 10.9. The predicted octanol–water partition coefficient (Wildman–Crippen LogP) is 3.84. The summed E-state index contributed by atoms with van der Waals surface area (Å²) >= 11 is 0. The molecule has 2 aromatic carbocycles. The SMILES string of the molecule is N#Cc1ccc(N2CCC3(O)CCCCC3C2)c2ccccc12. The molecule has 1 saturated heterocycles. The number of benzene rings is 2. The molecule has 2 unspecified atom stereocenters. The van der Waals surface area contributed by atoms with Gasteiger partial charge in [-0.2, -0.15) is 5.26 Å². The van der Waals surface area contributed by atoms with Crippen LogP contribution in [0.25, 0.3) is 10.8 Å². The van der Waals surface area contributed by atoms with Crippen molar-refractivity contribution in [2.75, 3.05) is 18.0 Å². The molecule has 1 aliphatic heterocycles. The van der Waals surface area contributed by atoms with E-state index in [4.69, 9.17) is 0 Å². The summed E-state index contributed by atoms with van der Waals surface area (Å²) in [6, 6.07) is 14.5. The van der Waals surface area contributed by atoms with E-state index in [2.05, 4.69) is 23.1 Å². The number of aliphatic hydroxyl groups is 1. The fourth-order valence-corrected chi connectivity index (χ4v) is 4.45. The Morgan fingerprint density at radius 2 is 1.91 bits per heavy atom. The first-order valence-corrected chi connectivity index (χ1v) is 8.60. The highest BCUT2D eigenvalue weighted by Gasteiger charge is 2.42. The van der Waals surface area contributed by atoms with Crippen molar-refractivity contribution in [2.24, 2.45) is 5.92 Å². The molecule has 4 rings (SSSR count). The lowest BCUT2D eigenvalue weighted by Gasteiger charge is -2.48. The van der Waals surface area contributed by atoms with Gasteiger partial charge in [-0.3, -0.25) is 0 Å². The van der Waals surface area contributed by atoms with Gasteiger partial charge in [0.15, 0.2) is 0 Å². The third-order valence-electron chi connectivity index (χ3n) is 5.79. The number of nitrogens with zero attached hydrogens (tertiary/aromatic N) is 2. The lowest BCUT2D eigenvalue weighted by Crippen LogP contribution is -2.53. The van der Waals surface area contributed by atoms with Gasteiger partial charge in [0.05, 0.1) is 17.2 Å². The van der Waals surface area contributed by atoms with Gasteiger partial charge in [0, 0.05) is 35.5 Å². The molecule has 3 nitrogen and oxygen atoms in total. The minimum Gasteiger partial charge on any atom is -0.389 e. The second-order valence-electron chi connectivity index (χ2n) is 7.03. The summed E-state index contributed by atoms with van der Waals surface area (Å²) in [6.07, 6.45) is 5.33. The number of hydrogen-bond acceptors (Lipinski definition) is 3. The first kappa shape index (κ1) is 14.5. The van der Waals surface area contributed by atoms with Gasteiger partial charge in [0.25, 0.3) is 0 Å². The van der Waals surface area contributed by atoms with Crippen LogP contribution < -0.4 is 4.90 Å². The smallest absolute Gasteiger partial charge is 0.0998 e. The molecule has 0 radical (unpaired) electrons. The van der Waals surface area contributed by atoms with Crippen LogP contribution in [0.4, 0.5) is 5.69 Å². The second-order valence-corrected chi connectivity index (χ2v) is 7.03. The van der Waals surface area contributed by atoms with Crippen LogP contribution in [-0.2, 0) is 0 Å². The van der Waals surface area contributed by atoms with Crippen LogP contribution in [0.3, 0.4) is 0 Å². The van der Waals surface area contributed by atoms with Crippen LogP contribution in [0.1, 0.15) is 37.7 Å². The van der Waals surface area contributed by atoms with Crippen molar-refractivity contribution in [1.82, 2.24) is 0 Å².